The first kappa shape index (κ1) is 43.5. The van der Waals surface area contributed by atoms with Crippen LogP contribution in [0.2, 0.25) is 0 Å². The highest BCUT2D eigenvalue weighted by Gasteiger charge is 2.19. The number of aryl methyl sites for hydroxylation is 2. The van der Waals surface area contributed by atoms with Gasteiger partial charge in [0.05, 0.1) is 24.3 Å². The third kappa shape index (κ3) is 15.1. The first-order valence-corrected chi connectivity index (χ1v) is 20.7. The Kier molecular flexibility index (Phi) is 18.7. The summed E-state index contributed by atoms with van der Waals surface area (Å²) >= 11 is 0. The highest BCUT2D eigenvalue weighted by Crippen LogP contribution is 2.36. The molecule has 300 valence electrons. The standard InChI is InChI=1S/C46H65N3O6/c1-6-7-8-9-10-11-12-13-14-17-26-53-31-36(50)32-55-38-22-25-41(43(52)30-38)46-48-44(39-23-20-34(4)28-35(39)5)47-45(49-46)40-24-21-37(29-42(40)51)54-27-18-15-16-19-33(2)3/h20-25,28-30,33,36,50-52H,6-19,26-27,31-32H2,1-5H3. The number of nitrogens with zero attached hydrogens (tertiary/aromatic N) is 3. The van der Waals surface area contributed by atoms with Crippen LogP contribution in [0.25, 0.3) is 34.2 Å². The van der Waals surface area contributed by atoms with Crippen LogP contribution in [0.15, 0.2) is 54.6 Å². The van der Waals surface area contributed by atoms with Crippen LogP contribution in [0.5, 0.6) is 23.0 Å². The molecule has 9 nitrogen and oxygen atoms in total. The molecule has 0 saturated heterocycles. The van der Waals surface area contributed by atoms with Gasteiger partial charge in [-0.25, -0.2) is 15.0 Å². The molecule has 4 rings (SSSR count). The molecule has 55 heavy (non-hydrogen) atoms. The average Bonchev–Trinajstić information content (AvgIpc) is 3.15. The highest BCUT2D eigenvalue weighted by molar-refractivity contribution is 5.73. The van der Waals surface area contributed by atoms with Crippen LogP contribution in [0, 0.1) is 19.8 Å². The van der Waals surface area contributed by atoms with Crippen molar-refractivity contribution in [2.24, 2.45) is 5.92 Å². The maximum Gasteiger partial charge on any atom is 0.167 e. The normalized spacial score (nSPS) is 12.0. The largest absolute Gasteiger partial charge is 0.507 e. The van der Waals surface area contributed by atoms with Crippen molar-refractivity contribution in [3.8, 4) is 57.2 Å². The van der Waals surface area contributed by atoms with Gasteiger partial charge in [-0.3, -0.25) is 0 Å². The lowest BCUT2D eigenvalue weighted by Crippen LogP contribution is -2.23. The van der Waals surface area contributed by atoms with Crippen LogP contribution in [0.4, 0.5) is 0 Å². The second kappa shape index (κ2) is 23.7. The lowest BCUT2D eigenvalue weighted by Gasteiger charge is -2.14. The van der Waals surface area contributed by atoms with Crippen LogP contribution in [-0.2, 0) is 4.74 Å². The van der Waals surface area contributed by atoms with E-state index in [0.29, 0.717) is 47.6 Å². The highest BCUT2D eigenvalue weighted by atomic mass is 16.5. The van der Waals surface area contributed by atoms with Crippen molar-refractivity contribution in [1.29, 1.82) is 0 Å². The molecule has 0 radical (unpaired) electrons. The maximum absolute atomic E-state index is 11.2. The Morgan fingerprint density at radius 3 is 1.64 bits per heavy atom. The van der Waals surface area contributed by atoms with Gasteiger partial charge < -0.3 is 29.5 Å². The molecule has 0 bridgehead atoms. The number of aromatic hydroxyl groups is 2. The summed E-state index contributed by atoms with van der Waals surface area (Å²) in [6, 6.07) is 16.0. The summed E-state index contributed by atoms with van der Waals surface area (Å²) in [6.45, 7) is 12.2. The van der Waals surface area contributed by atoms with Crippen molar-refractivity contribution < 1.29 is 29.5 Å². The van der Waals surface area contributed by atoms with Crippen LogP contribution < -0.4 is 9.47 Å². The van der Waals surface area contributed by atoms with Crippen LogP contribution >= 0.6 is 0 Å². The number of phenolic OH excluding ortho intramolecular Hbond substituents is 2. The van der Waals surface area contributed by atoms with Gasteiger partial charge in [-0.05, 0) is 62.4 Å². The molecule has 1 atom stereocenters. The first-order chi connectivity index (χ1) is 26.6. The second-order valence-corrected chi connectivity index (χ2v) is 15.3. The van der Waals surface area contributed by atoms with Crippen LogP contribution in [0.3, 0.4) is 0 Å². The smallest absolute Gasteiger partial charge is 0.167 e. The molecule has 0 fully saturated rings. The molecule has 0 amide bonds. The van der Waals surface area contributed by atoms with E-state index in [9.17, 15) is 15.3 Å². The molecule has 3 N–H and O–H groups in total. The van der Waals surface area contributed by atoms with Crippen molar-refractivity contribution in [3.05, 3.63) is 65.7 Å². The molecular formula is C46H65N3O6. The van der Waals surface area contributed by atoms with Crippen molar-refractivity contribution in [2.75, 3.05) is 26.4 Å². The first-order valence-electron chi connectivity index (χ1n) is 20.7. The molecule has 0 saturated carbocycles. The van der Waals surface area contributed by atoms with Crippen LogP contribution in [0.1, 0.15) is 122 Å². The number of hydrogen-bond donors (Lipinski definition) is 3. The van der Waals surface area contributed by atoms with E-state index >= 15 is 0 Å². The van der Waals surface area contributed by atoms with Gasteiger partial charge in [0.2, 0.25) is 0 Å². The summed E-state index contributed by atoms with van der Waals surface area (Å²) in [5.74, 6) is 2.49. The number of benzene rings is 3. The van der Waals surface area contributed by atoms with Gasteiger partial charge in [-0.15, -0.1) is 0 Å². The Morgan fingerprint density at radius 1 is 0.564 bits per heavy atom. The van der Waals surface area contributed by atoms with Gasteiger partial charge in [-0.1, -0.05) is 122 Å². The molecule has 1 heterocycles. The summed E-state index contributed by atoms with van der Waals surface area (Å²) in [5, 5.41) is 32.8. The summed E-state index contributed by atoms with van der Waals surface area (Å²) in [4.78, 5) is 14.3. The molecule has 3 aromatic carbocycles. The molecule has 9 heteroatoms. The van der Waals surface area contributed by atoms with E-state index in [0.717, 1.165) is 42.4 Å². The van der Waals surface area contributed by atoms with Gasteiger partial charge in [0.15, 0.2) is 17.5 Å². The predicted molar refractivity (Wildman–Crippen MR) is 222 cm³/mol. The van der Waals surface area contributed by atoms with E-state index in [-0.39, 0.29) is 36.4 Å². The lowest BCUT2D eigenvalue weighted by molar-refractivity contribution is 0.0109. The Labute approximate surface area is 329 Å². The van der Waals surface area contributed by atoms with E-state index in [2.05, 4.69) is 26.8 Å². The summed E-state index contributed by atoms with van der Waals surface area (Å²) in [5.41, 5.74) is 3.71. The van der Waals surface area contributed by atoms with E-state index in [1.165, 1.54) is 70.3 Å². The zero-order valence-corrected chi connectivity index (χ0v) is 34.0. The van der Waals surface area contributed by atoms with Crippen molar-refractivity contribution in [2.45, 2.75) is 131 Å². The number of aliphatic hydroxyl groups is 1. The number of aromatic nitrogens is 3. The minimum atomic E-state index is -0.796. The molecule has 1 unspecified atom stereocenters. The number of hydrogen-bond acceptors (Lipinski definition) is 9. The quantitative estimate of drug-likeness (QED) is 0.0537. The van der Waals surface area contributed by atoms with E-state index in [1.54, 1.807) is 24.3 Å². The van der Waals surface area contributed by atoms with Crippen LogP contribution in [-0.4, -0.2) is 62.8 Å². The fraction of sp³-hybridized carbons (Fsp3) is 0.543. The summed E-state index contributed by atoms with van der Waals surface area (Å²) in [6.07, 6.45) is 16.3. The van der Waals surface area contributed by atoms with Gasteiger partial charge in [0, 0.05) is 24.3 Å². The van der Waals surface area contributed by atoms with E-state index < -0.39 is 6.10 Å². The number of rotatable bonds is 26. The molecule has 4 aromatic rings. The van der Waals surface area contributed by atoms with E-state index in [1.807, 2.05) is 32.0 Å². The molecule has 0 spiro atoms. The molecule has 0 aliphatic carbocycles. The molecule has 0 aliphatic rings. The second-order valence-electron chi connectivity index (χ2n) is 15.3. The number of phenols is 2. The molecular weight excluding hydrogens is 691 g/mol. The molecule has 0 aliphatic heterocycles. The zero-order chi connectivity index (χ0) is 39.4. The minimum Gasteiger partial charge on any atom is -0.507 e. The Hall–Kier alpha value is -4.21. The third-order valence-electron chi connectivity index (χ3n) is 9.77. The van der Waals surface area contributed by atoms with Gasteiger partial charge >= 0.3 is 0 Å². The van der Waals surface area contributed by atoms with Crippen molar-refractivity contribution >= 4 is 0 Å². The topological polar surface area (TPSA) is 127 Å². The van der Waals surface area contributed by atoms with Gasteiger partial charge in [0.1, 0.15) is 35.7 Å². The van der Waals surface area contributed by atoms with Crippen molar-refractivity contribution in [3.63, 3.8) is 0 Å². The summed E-state index contributed by atoms with van der Waals surface area (Å²) < 4.78 is 17.4. The molecule has 1 aromatic heterocycles. The Morgan fingerprint density at radius 2 is 1.07 bits per heavy atom. The monoisotopic (exact) mass is 755 g/mol. The van der Waals surface area contributed by atoms with Gasteiger partial charge in [0.25, 0.3) is 0 Å². The number of aliphatic hydroxyl groups excluding tert-OH is 1. The van der Waals surface area contributed by atoms with Crippen molar-refractivity contribution in [1.82, 2.24) is 15.0 Å². The summed E-state index contributed by atoms with van der Waals surface area (Å²) in [7, 11) is 0. The Balaban J connectivity index is 1.37. The fourth-order valence-corrected chi connectivity index (χ4v) is 6.56. The predicted octanol–water partition coefficient (Wildman–Crippen LogP) is 11.2. The fourth-order valence-electron chi connectivity index (χ4n) is 6.56. The minimum absolute atomic E-state index is 0.0139. The Bertz CT molecular complexity index is 1730. The average molecular weight is 756 g/mol. The van der Waals surface area contributed by atoms with E-state index in [4.69, 9.17) is 29.2 Å². The maximum atomic E-state index is 11.2. The number of ether oxygens (including phenoxy) is 3. The zero-order valence-electron chi connectivity index (χ0n) is 34.0. The number of unbranched alkanes of at least 4 members (excludes halogenated alkanes) is 11. The SMILES string of the molecule is CCCCCCCCCCCCOCC(O)COc1ccc(-c2nc(-c3ccc(C)cc3C)nc(-c3ccc(OCCCCCC(C)C)cc3O)n2)c(O)c1. The van der Waals surface area contributed by atoms with Gasteiger partial charge in [-0.2, -0.15) is 0 Å². The third-order valence-corrected chi connectivity index (χ3v) is 9.77. The lowest BCUT2D eigenvalue weighted by atomic mass is 10.0.